The first-order valence-corrected chi connectivity index (χ1v) is 16.1. The highest BCUT2D eigenvalue weighted by atomic mass is 35.5. The molecule has 2 N–H and O–H groups in total. The number of halogens is 3. The Morgan fingerprint density at radius 1 is 1.15 bits per heavy atom. The minimum absolute atomic E-state index is 0.00122. The number of hydrogen-bond donors (Lipinski definition) is 2. The van der Waals surface area contributed by atoms with E-state index in [1.165, 1.54) is 6.07 Å². The zero-order valence-electron chi connectivity index (χ0n) is 26.5. The van der Waals surface area contributed by atoms with Gasteiger partial charge in [0.2, 0.25) is 5.91 Å². The molecule has 0 radical (unpaired) electrons. The quantitative estimate of drug-likeness (QED) is 0.168. The van der Waals surface area contributed by atoms with Gasteiger partial charge in [0.15, 0.2) is 5.75 Å². The zero-order valence-corrected chi connectivity index (χ0v) is 28.0. The molecule has 248 valence electrons. The lowest BCUT2D eigenvalue weighted by Gasteiger charge is -2.23. The molecule has 0 saturated heterocycles. The van der Waals surface area contributed by atoms with Crippen molar-refractivity contribution >= 4 is 40.7 Å². The molecule has 2 heterocycles. The Morgan fingerprint density at radius 3 is 2.70 bits per heavy atom. The van der Waals surface area contributed by atoms with Crippen LogP contribution in [0, 0.1) is 12.7 Å². The Kier molecular flexibility index (Phi) is 10.7. The fraction of sp³-hybridized carbons (Fsp3) is 0.343. The van der Waals surface area contributed by atoms with Gasteiger partial charge in [-0.25, -0.2) is 4.39 Å². The van der Waals surface area contributed by atoms with Crippen molar-refractivity contribution in [1.29, 1.82) is 0 Å². The smallest absolute Gasteiger partial charge is 0.251 e. The number of nitrogens with zero attached hydrogens (tertiary/aromatic N) is 3. The van der Waals surface area contributed by atoms with Gasteiger partial charge in [-0.1, -0.05) is 41.4 Å². The molecule has 1 aromatic heterocycles. The summed E-state index contributed by atoms with van der Waals surface area (Å²) in [6.07, 6.45) is 4.91. The summed E-state index contributed by atoms with van der Waals surface area (Å²) in [5.41, 5.74) is 2.13. The topological polar surface area (TPSA) is 106 Å². The van der Waals surface area contributed by atoms with Gasteiger partial charge in [0.25, 0.3) is 5.91 Å². The van der Waals surface area contributed by atoms with Crippen molar-refractivity contribution in [3.8, 4) is 22.6 Å². The maximum absolute atomic E-state index is 15.2. The van der Waals surface area contributed by atoms with Gasteiger partial charge >= 0.3 is 0 Å². The summed E-state index contributed by atoms with van der Waals surface area (Å²) in [5, 5.41) is 17.6. The Morgan fingerprint density at radius 2 is 1.94 bits per heavy atom. The molecule has 0 aliphatic carbocycles. The lowest BCUT2D eigenvalue weighted by molar-refractivity contribution is -0.118. The minimum Gasteiger partial charge on any atom is -0.493 e. The van der Waals surface area contributed by atoms with Gasteiger partial charge in [-0.15, -0.1) is 0 Å². The first-order valence-electron chi connectivity index (χ1n) is 15.4. The highest BCUT2D eigenvalue weighted by molar-refractivity contribution is 6.32. The Hall–Kier alpha value is -4.12. The van der Waals surface area contributed by atoms with Gasteiger partial charge in [0, 0.05) is 63.6 Å². The van der Waals surface area contributed by atoms with Crippen LogP contribution >= 0.6 is 23.2 Å². The summed E-state index contributed by atoms with van der Waals surface area (Å²) in [6.45, 7) is 6.37. The summed E-state index contributed by atoms with van der Waals surface area (Å²) in [5.74, 6) is 0.0606. The number of rotatable bonds is 11. The lowest BCUT2D eigenvalue weighted by Crippen LogP contribution is -2.38. The van der Waals surface area contributed by atoms with Crippen LogP contribution in [-0.2, 0) is 11.3 Å². The zero-order chi connectivity index (χ0) is 33.7. The summed E-state index contributed by atoms with van der Waals surface area (Å²) >= 11 is 12.6. The number of nitrogens with one attached hydrogen (secondary N) is 1. The number of fused-ring (bicyclic) bond motifs is 1. The minimum atomic E-state index is -1.11. The number of aliphatic hydroxyl groups is 1. The van der Waals surface area contributed by atoms with E-state index in [2.05, 4.69) is 10.4 Å². The molecule has 1 aliphatic rings. The summed E-state index contributed by atoms with van der Waals surface area (Å²) < 4.78 is 28.7. The molecule has 4 aromatic rings. The van der Waals surface area contributed by atoms with Crippen molar-refractivity contribution in [2.75, 3.05) is 31.2 Å². The predicted octanol–water partition coefficient (Wildman–Crippen LogP) is 6.83. The van der Waals surface area contributed by atoms with E-state index in [1.807, 2.05) is 43.3 Å². The Labute approximate surface area is 283 Å². The molecular formula is C35H37Cl2FN4O5. The van der Waals surface area contributed by atoms with Crippen LogP contribution in [0.25, 0.3) is 11.1 Å². The van der Waals surface area contributed by atoms with Crippen LogP contribution in [0.2, 0.25) is 10.0 Å². The summed E-state index contributed by atoms with van der Waals surface area (Å²) in [4.78, 5) is 27.6. The van der Waals surface area contributed by atoms with Crippen molar-refractivity contribution in [2.24, 2.45) is 0 Å². The standard InChI is InChI=1S/C35H37Cl2FN4O5/c1-22-27(36)9-5-11-31(22)46-14-6-12-32(43)42-13-7-15-47-33-25(8-4-10-30(33)42)24-18-40-41(19-24)20-26-28(37)16-23(17-29(26)38)34(44)39-21-35(2,3)45/h4-5,8-11,16-19,45H,6-7,12-15,20-21H2,1-3H3,(H,39,44). The van der Waals surface area contributed by atoms with Crippen molar-refractivity contribution in [1.82, 2.24) is 15.1 Å². The molecule has 12 heteroatoms. The average Bonchev–Trinajstić information content (AvgIpc) is 3.38. The molecule has 0 spiro atoms. The number of carbonyl (C=O) groups is 2. The maximum atomic E-state index is 15.2. The van der Waals surface area contributed by atoms with Crippen LogP contribution < -0.4 is 19.7 Å². The fourth-order valence-electron chi connectivity index (χ4n) is 5.21. The number of carbonyl (C=O) groups excluding carboxylic acids is 2. The largest absolute Gasteiger partial charge is 0.493 e. The van der Waals surface area contributed by atoms with E-state index in [9.17, 15) is 14.7 Å². The van der Waals surface area contributed by atoms with E-state index in [1.54, 1.807) is 35.8 Å². The monoisotopic (exact) mass is 682 g/mol. The van der Waals surface area contributed by atoms with Gasteiger partial charge in [0.1, 0.15) is 11.6 Å². The first kappa shape index (κ1) is 34.2. The molecule has 0 saturated carbocycles. The molecule has 0 atom stereocenters. The molecule has 3 aromatic carbocycles. The molecule has 5 rings (SSSR count). The Balaban J connectivity index is 1.28. The average molecular weight is 684 g/mol. The molecule has 0 unspecified atom stereocenters. The van der Waals surface area contributed by atoms with Gasteiger partial charge in [-0.05, 0) is 63.9 Å². The number of anilines is 1. The number of hydrogen-bond acceptors (Lipinski definition) is 6. The fourth-order valence-corrected chi connectivity index (χ4v) is 5.65. The van der Waals surface area contributed by atoms with Crippen molar-refractivity contribution < 1.29 is 28.6 Å². The van der Waals surface area contributed by atoms with Crippen molar-refractivity contribution in [2.45, 2.75) is 52.2 Å². The third-order valence-electron chi connectivity index (χ3n) is 7.72. The van der Waals surface area contributed by atoms with E-state index >= 15 is 4.39 Å². The second-order valence-corrected chi connectivity index (χ2v) is 12.9. The molecule has 0 fully saturated rings. The van der Waals surface area contributed by atoms with Gasteiger partial charge in [-0.2, -0.15) is 5.10 Å². The van der Waals surface area contributed by atoms with E-state index in [-0.39, 0.29) is 35.1 Å². The highest BCUT2D eigenvalue weighted by Crippen LogP contribution is 2.40. The van der Waals surface area contributed by atoms with Crippen LogP contribution in [0.4, 0.5) is 10.1 Å². The van der Waals surface area contributed by atoms with Crippen molar-refractivity contribution in [3.63, 3.8) is 0 Å². The van der Waals surface area contributed by atoms with E-state index in [0.717, 1.165) is 22.8 Å². The number of aromatic nitrogens is 2. The normalized spacial score (nSPS) is 13.0. The number of amides is 2. The third kappa shape index (κ3) is 8.43. The molecule has 9 nitrogen and oxygen atoms in total. The van der Waals surface area contributed by atoms with Gasteiger partial charge in [0.05, 0.1) is 37.2 Å². The molecule has 0 bridgehead atoms. The van der Waals surface area contributed by atoms with Crippen LogP contribution in [0.1, 0.15) is 54.6 Å². The molecular weight excluding hydrogens is 646 g/mol. The van der Waals surface area contributed by atoms with E-state index in [0.29, 0.717) is 61.2 Å². The predicted molar refractivity (Wildman–Crippen MR) is 180 cm³/mol. The number of benzene rings is 3. The molecule has 2 amide bonds. The molecule has 47 heavy (non-hydrogen) atoms. The number of para-hydroxylation sites is 1. The molecule has 1 aliphatic heterocycles. The third-order valence-corrected chi connectivity index (χ3v) is 8.46. The van der Waals surface area contributed by atoms with Crippen LogP contribution in [0.3, 0.4) is 0 Å². The highest BCUT2D eigenvalue weighted by Gasteiger charge is 2.25. The summed E-state index contributed by atoms with van der Waals surface area (Å²) in [7, 11) is 0. The SMILES string of the molecule is Cc1c(Cl)cccc1OCCCC(=O)N1CCCOc2c(-c3cnn(Cc4c(F)cc(C(=O)NCC(C)(C)O)cc4Cl)c3)cccc21. The van der Waals surface area contributed by atoms with Crippen LogP contribution in [-0.4, -0.2) is 58.6 Å². The van der Waals surface area contributed by atoms with Crippen LogP contribution in [0.5, 0.6) is 11.5 Å². The van der Waals surface area contributed by atoms with Gasteiger partial charge < -0.3 is 24.8 Å². The van der Waals surface area contributed by atoms with E-state index < -0.39 is 17.3 Å². The second kappa shape index (κ2) is 14.8. The second-order valence-electron chi connectivity index (χ2n) is 12.1. The number of ether oxygens (including phenoxy) is 2. The summed E-state index contributed by atoms with van der Waals surface area (Å²) in [6, 6.07) is 13.6. The van der Waals surface area contributed by atoms with Gasteiger partial charge in [-0.3, -0.25) is 14.3 Å². The van der Waals surface area contributed by atoms with Crippen molar-refractivity contribution in [3.05, 3.63) is 93.5 Å². The Bertz CT molecular complexity index is 1750. The first-order chi connectivity index (χ1) is 22.4. The maximum Gasteiger partial charge on any atom is 0.251 e. The lowest BCUT2D eigenvalue weighted by atomic mass is 10.1. The van der Waals surface area contributed by atoms with Crippen LogP contribution in [0.15, 0.2) is 60.9 Å². The van der Waals surface area contributed by atoms with E-state index in [4.69, 9.17) is 32.7 Å².